The van der Waals surface area contributed by atoms with E-state index in [1.165, 1.54) is 28.8 Å². The molecule has 9 nitrogen and oxygen atoms in total. The number of nitrogens with zero attached hydrogens (tertiary/aromatic N) is 3. The van der Waals surface area contributed by atoms with E-state index in [0.717, 1.165) is 18.3 Å². The molecule has 1 aliphatic heterocycles. The molecule has 0 unspecified atom stereocenters. The molecule has 0 bridgehead atoms. The number of sulfonamides is 1. The van der Waals surface area contributed by atoms with Gasteiger partial charge < -0.3 is 5.11 Å². The fraction of sp³-hybridized carbons (Fsp3) is 0.0400. The van der Waals surface area contributed by atoms with E-state index < -0.39 is 21.8 Å². The Morgan fingerprint density at radius 3 is 2.43 bits per heavy atom. The summed E-state index contributed by atoms with van der Waals surface area (Å²) in [7, 11) is -3.99. The van der Waals surface area contributed by atoms with Crippen LogP contribution in [0.5, 0.6) is 5.88 Å². The molecule has 1 aromatic heterocycles. The maximum Gasteiger partial charge on any atom is 0.279 e. The van der Waals surface area contributed by atoms with Gasteiger partial charge in [0.1, 0.15) is 4.88 Å². The first-order valence-corrected chi connectivity index (χ1v) is 13.9. The molecule has 5 rings (SSSR count). The second-order valence-electron chi connectivity index (χ2n) is 7.90. The summed E-state index contributed by atoms with van der Waals surface area (Å²) in [6, 6.07) is 20.0. The van der Waals surface area contributed by atoms with Gasteiger partial charge in [0.25, 0.3) is 15.9 Å². The van der Waals surface area contributed by atoms with Gasteiger partial charge in [0.05, 0.1) is 27.2 Å². The Kier molecular flexibility index (Phi) is 6.40. The minimum atomic E-state index is -3.99. The first-order chi connectivity index (χ1) is 17.7. The first-order valence-electron chi connectivity index (χ1n) is 10.8. The van der Waals surface area contributed by atoms with Crippen LogP contribution in [0, 0.1) is 0 Å². The van der Waals surface area contributed by atoms with Crippen molar-refractivity contribution in [2.24, 2.45) is 9.98 Å². The van der Waals surface area contributed by atoms with Gasteiger partial charge in [0, 0.05) is 16.6 Å². The third-order valence-electron chi connectivity index (χ3n) is 5.37. The number of halogens is 1. The fourth-order valence-corrected chi connectivity index (χ4v) is 6.35. The van der Waals surface area contributed by atoms with Crippen LogP contribution >= 0.6 is 27.3 Å². The van der Waals surface area contributed by atoms with Crippen LogP contribution in [-0.2, 0) is 19.6 Å². The average molecular weight is 597 g/mol. The van der Waals surface area contributed by atoms with E-state index in [0.29, 0.717) is 36.1 Å². The summed E-state index contributed by atoms with van der Waals surface area (Å²) in [4.78, 5) is 33.4. The number of carbonyl (C=O) groups is 2. The fourth-order valence-electron chi connectivity index (χ4n) is 3.80. The predicted molar refractivity (Wildman–Crippen MR) is 140 cm³/mol. The van der Waals surface area contributed by atoms with Gasteiger partial charge >= 0.3 is 0 Å². The number of fused-ring (bicyclic) bond motifs is 1. The van der Waals surface area contributed by atoms with Crippen molar-refractivity contribution in [2.45, 2.75) is 11.8 Å². The van der Waals surface area contributed by atoms with E-state index >= 15 is 0 Å². The molecule has 4 aromatic rings. The normalized spacial score (nSPS) is 13.4. The minimum absolute atomic E-state index is 0.0943. The van der Waals surface area contributed by atoms with Crippen LogP contribution in [0.2, 0.25) is 0 Å². The van der Waals surface area contributed by atoms with Gasteiger partial charge in [0.15, 0.2) is 4.80 Å². The Bertz CT molecular complexity index is 1880. The van der Waals surface area contributed by atoms with E-state index in [9.17, 15) is 23.1 Å². The smallest absolute Gasteiger partial charge is 0.279 e. The molecule has 2 N–H and O–H groups in total. The van der Waals surface area contributed by atoms with Gasteiger partial charge in [-0.3, -0.25) is 14.2 Å². The van der Waals surface area contributed by atoms with Crippen LogP contribution in [0.4, 0.5) is 5.69 Å². The molecule has 12 heteroatoms. The number of rotatable bonds is 5. The van der Waals surface area contributed by atoms with Crippen molar-refractivity contribution in [3.8, 4) is 11.6 Å². The summed E-state index contributed by atoms with van der Waals surface area (Å²) in [5.74, 6) is -1.34. The van der Waals surface area contributed by atoms with Crippen molar-refractivity contribution in [1.82, 2.24) is 9.29 Å². The summed E-state index contributed by atoms with van der Waals surface area (Å²) < 4.78 is 28.6. The van der Waals surface area contributed by atoms with Crippen LogP contribution in [0.1, 0.15) is 11.8 Å². The molecule has 2 amide bonds. The van der Waals surface area contributed by atoms with Crippen molar-refractivity contribution in [1.29, 1.82) is 0 Å². The molecular formula is C25H17BrN4O5S2. The van der Waals surface area contributed by atoms with Gasteiger partial charge in [-0.2, -0.15) is 0 Å². The lowest BCUT2D eigenvalue weighted by atomic mass is 10.1. The van der Waals surface area contributed by atoms with Gasteiger partial charge in [-0.15, -0.1) is 0 Å². The molecule has 1 aliphatic rings. The highest BCUT2D eigenvalue weighted by Gasteiger charge is 2.27. The van der Waals surface area contributed by atoms with Crippen molar-refractivity contribution >= 4 is 60.4 Å². The third-order valence-corrected chi connectivity index (χ3v) is 8.51. The highest BCUT2D eigenvalue weighted by Crippen LogP contribution is 2.31. The van der Waals surface area contributed by atoms with Crippen molar-refractivity contribution in [3.05, 3.63) is 97.5 Å². The molecule has 3 aromatic carbocycles. The molecule has 186 valence electrons. The number of amides is 2. The SMILES string of the molecule is CC(=O)NS(=O)(=O)c1ccc(N=c2sc(C3=c4cccc(Br)c4=NC3=O)c(O)n2-c2ccccc2)cc1. The zero-order chi connectivity index (χ0) is 26.3. The summed E-state index contributed by atoms with van der Waals surface area (Å²) in [5, 5.41) is 12.4. The molecule has 0 saturated carbocycles. The first kappa shape index (κ1) is 24.8. The van der Waals surface area contributed by atoms with Crippen molar-refractivity contribution < 1.29 is 23.1 Å². The Balaban J connectivity index is 1.71. The number of benzene rings is 3. The molecule has 0 saturated heterocycles. The molecule has 0 fully saturated rings. The number of thiazole rings is 1. The van der Waals surface area contributed by atoms with E-state index in [1.807, 2.05) is 10.8 Å². The summed E-state index contributed by atoms with van der Waals surface area (Å²) in [5.41, 5.74) is 1.28. The largest absolute Gasteiger partial charge is 0.493 e. The van der Waals surface area contributed by atoms with E-state index in [2.05, 4.69) is 25.9 Å². The number of nitrogens with one attached hydrogen (secondary N) is 1. The predicted octanol–water partition coefficient (Wildman–Crippen LogP) is 2.42. The standard InChI is InChI=1S/C25H17BrN4O5S2/c1-14(31)29-37(34,35)17-12-10-15(11-13-17)27-25-30(16-6-3-2-4-7-16)24(33)22(36-25)20-18-8-5-9-19(26)21(18)28-23(20)32/h2-13,33H,1H3,(H,29,31). The summed E-state index contributed by atoms with van der Waals surface area (Å²) >= 11 is 4.52. The van der Waals surface area contributed by atoms with Crippen LogP contribution in [0.15, 0.2) is 92.1 Å². The topological polar surface area (TPSA) is 130 Å². The molecular weight excluding hydrogens is 580 g/mol. The summed E-state index contributed by atoms with van der Waals surface area (Å²) in [6.45, 7) is 1.11. The minimum Gasteiger partial charge on any atom is -0.493 e. The Hall–Kier alpha value is -3.87. The zero-order valence-electron chi connectivity index (χ0n) is 19.0. The highest BCUT2D eigenvalue weighted by atomic mass is 79.9. The molecule has 2 heterocycles. The van der Waals surface area contributed by atoms with Crippen molar-refractivity contribution in [3.63, 3.8) is 0 Å². The van der Waals surface area contributed by atoms with Crippen LogP contribution in [0.25, 0.3) is 11.3 Å². The maximum atomic E-state index is 12.9. The average Bonchev–Trinajstić information content (AvgIpc) is 3.35. The molecule has 0 atom stereocenters. The van der Waals surface area contributed by atoms with Crippen molar-refractivity contribution in [2.75, 3.05) is 0 Å². The quantitative estimate of drug-likeness (QED) is 0.365. The molecule has 0 spiro atoms. The third kappa shape index (κ3) is 4.66. The lowest BCUT2D eigenvalue weighted by Gasteiger charge is -2.06. The molecule has 0 aliphatic carbocycles. The molecule has 0 radical (unpaired) electrons. The van der Waals surface area contributed by atoms with E-state index in [1.54, 1.807) is 42.5 Å². The zero-order valence-corrected chi connectivity index (χ0v) is 22.3. The lowest BCUT2D eigenvalue weighted by molar-refractivity contribution is -0.117. The van der Waals surface area contributed by atoms with Gasteiger partial charge in [-0.1, -0.05) is 41.7 Å². The van der Waals surface area contributed by atoms with Crippen LogP contribution in [0.3, 0.4) is 0 Å². The molecule has 37 heavy (non-hydrogen) atoms. The van der Waals surface area contributed by atoms with E-state index in [-0.39, 0.29) is 16.3 Å². The summed E-state index contributed by atoms with van der Waals surface area (Å²) in [6.07, 6.45) is 0. The highest BCUT2D eigenvalue weighted by molar-refractivity contribution is 9.10. The second-order valence-corrected chi connectivity index (χ2v) is 11.4. The lowest BCUT2D eigenvalue weighted by Crippen LogP contribution is -2.28. The van der Waals surface area contributed by atoms with E-state index in [4.69, 9.17) is 0 Å². The number of hydrogen-bond donors (Lipinski definition) is 2. The Morgan fingerprint density at radius 1 is 1.05 bits per heavy atom. The maximum absolute atomic E-state index is 12.9. The number of aromatic nitrogens is 1. The number of para-hydroxylation sites is 2. The Labute approximate surface area is 223 Å². The van der Waals surface area contributed by atoms with Gasteiger partial charge in [-0.05, 0) is 58.4 Å². The Morgan fingerprint density at radius 2 is 1.76 bits per heavy atom. The van der Waals surface area contributed by atoms with Gasteiger partial charge in [-0.25, -0.2) is 23.1 Å². The van der Waals surface area contributed by atoms with Crippen LogP contribution in [-0.4, -0.2) is 29.9 Å². The number of aromatic hydroxyl groups is 1. The monoisotopic (exact) mass is 596 g/mol. The van der Waals surface area contributed by atoms with Gasteiger partial charge in [0.2, 0.25) is 11.8 Å². The number of hydrogen-bond acceptors (Lipinski definition) is 7. The number of carbonyl (C=O) groups excluding carboxylic acids is 2. The second kappa shape index (κ2) is 9.54. The van der Waals surface area contributed by atoms with Crippen LogP contribution < -0.4 is 20.1 Å².